The van der Waals surface area contributed by atoms with Gasteiger partial charge in [0.2, 0.25) is 0 Å². The van der Waals surface area contributed by atoms with Crippen LogP contribution in [0.4, 0.5) is 0 Å². The summed E-state index contributed by atoms with van der Waals surface area (Å²) in [5, 5.41) is 9.49. The lowest BCUT2D eigenvalue weighted by Gasteiger charge is -2.28. The summed E-state index contributed by atoms with van der Waals surface area (Å²) < 4.78 is 16.2. The average Bonchev–Trinajstić information content (AvgIpc) is 2.57. The smallest absolute Gasteiger partial charge is 0.336 e. The van der Waals surface area contributed by atoms with Crippen LogP contribution in [-0.4, -0.2) is 43.8 Å². The number of hydrogen-bond donors (Lipinski definition) is 1. The number of ether oxygens (including phenoxy) is 3. The Hall–Kier alpha value is -2.08. The molecule has 0 aromatic heterocycles. The van der Waals surface area contributed by atoms with E-state index in [0.717, 1.165) is 12.8 Å². The molecule has 2 atom stereocenters. The molecule has 1 aliphatic heterocycles. The van der Waals surface area contributed by atoms with Crippen molar-refractivity contribution >= 4 is 11.8 Å². The third-order valence-electron chi connectivity index (χ3n) is 4.35. The van der Waals surface area contributed by atoms with Gasteiger partial charge in [-0.3, -0.25) is 4.79 Å². The molecule has 1 fully saturated rings. The van der Waals surface area contributed by atoms with Crippen LogP contribution in [0.25, 0.3) is 0 Å². The van der Waals surface area contributed by atoms with Crippen molar-refractivity contribution in [1.29, 1.82) is 0 Å². The van der Waals surface area contributed by atoms with Gasteiger partial charge in [0.1, 0.15) is 17.3 Å². The highest BCUT2D eigenvalue weighted by Gasteiger charge is 2.31. The van der Waals surface area contributed by atoms with E-state index in [1.54, 1.807) is 6.07 Å². The zero-order valence-electron chi connectivity index (χ0n) is 14.3. The Kier molecular flexibility index (Phi) is 6.20. The Morgan fingerprint density at radius 3 is 2.62 bits per heavy atom. The largest absolute Gasteiger partial charge is 0.497 e. The van der Waals surface area contributed by atoms with Crippen molar-refractivity contribution < 1.29 is 28.9 Å². The van der Waals surface area contributed by atoms with Crippen LogP contribution in [0, 0.1) is 5.92 Å². The Balaban J connectivity index is 2.25. The molecule has 6 nitrogen and oxygen atoms in total. The molecular weight excluding hydrogens is 312 g/mol. The minimum Gasteiger partial charge on any atom is -0.497 e. The molecule has 0 spiro atoms. The van der Waals surface area contributed by atoms with Gasteiger partial charge >= 0.3 is 5.97 Å². The van der Waals surface area contributed by atoms with Crippen molar-refractivity contribution in [2.24, 2.45) is 5.92 Å². The predicted octanol–water partition coefficient (Wildman–Crippen LogP) is 2.72. The van der Waals surface area contributed by atoms with Crippen LogP contribution < -0.4 is 9.47 Å². The van der Waals surface area contributed by atoms with E-state index >= 15 is 0 Å². The van der Waals surface area contributed by atoms with E-state index in [-0.39, 0.29) is 29.8 Å². The third-order valence-corrected chi connectivity index (χ3v) is 4.35. The Morgan fingerprint density at radius 2 is 2.08 bits per heavy atom. The van der Waals surface area contributed by atoms with E-state index in [9.17, 15) is 14.7 Å². The molecule has 0 bridgehead atoms. The number of carboxylic acids is 1. The van der Waals surface area contributed by atoms with Crippen molar-refractivity contribution in [3.63, 3.8) is 0 Å². The molecule has 24 heavy (non-hydrogen) atoms. The molecule has 1 saturated heterocycles. The molecule has 1 heterocycles. The minimum absolute atomic E-state index is 0.0181. The Bertz CT molecular complexity index is 610. The summed E-state index contributed by atoms with van der Waals surface area (Å²) in [7, 11) is 2.94. The summed E-state index contributed by atoms with van der Waals surface area (Å²) in [4.78, 5) is 24.0. The third kappa shape index (κ3) is 4.06. The zero-order valence-corrected chi connectivity index (χ0v) is 14.3. The normalized spacial score (nSPS) is 20.7. The van der Waals surface area contributed by atoms with Crippen LogP contribution in [0.1, 0.15) is 42.1 Å². The predicted molar refractivity (Wildman–Crippen MR) is 88.0 cm³/mol. The number of carbonyl (C=O) groups excluding carboxylic acids is 1. The number of ketones is 1. The molecule has 132 valence electrons. The second-order valence-corrected chi connectivity index (χ2v) is 5.98. The molecule has 2 rings (SSSR count). The van der Waals surface area contributed by atoms with E-state index in [1.165, 1.54) is 20.3 Å². The maximum absolute atomic E-state index is 12.4. The molecule has 6 heteroatoms. The number of aromatic carboxylic acids is 1. The van der Waals surface area contributed by atoms with Crippen LogP contribution in [0.2, 0.25) is 0 Å². The quantitative estimate of drug-likeness (QED) is 0.824. The van der Waals surface area contributed by atoms with Gasteiger partial charge in [-0.25, -0.2) is 4.79 Å². The Labute approximate surface area is 141 Å². The van der Waals surface area contributed by atoms with Crippen LogP contribution in [0.3, 0.4) is 0 Å². The van der Waals surface area contributed by atoms with Gasteiger partial charge in [-0.1, -0.05) is 13.3 Å². The van der Waals surface area contributed by atoms with Crippen LogP contribution in [-0.2, 0) is 16.0 Å². The highest BCUT2D eigenvalue weighted by Crippen LogP contribution is 2.32. The summed E-state index contributed by atoms with van der Waals surface area (Å²) in [6, 6.07) is 3.09. The SMILES string of the molecule is CCCC1CC(=O)C(Cc2c(OC)cc(OC)cc2C(=O)O)CO1. The maximum atomic E-state index is 12.4. The molecule has 1 N–H and O–H groups in total. The lowest BCUT2D eigenvalue weighted by Crippen LogP contribution is -2.35. The molecular formula is C18H24O6. The monoisotopic (exact) mass is 336 g/mol. The van der Waals surface area contributed by atoms with Gasteiger partial charge in [0.25, 0.3) is 0 Å². The van der Waals surface area contributed by atoms with E-state index in [4.69, 9.17) is 14.2 Å². The van der Waals surface area contributed by atoms with Gasteiger partial charge in [0.05, 0.1) is 32.5 Å². The minimum atomic E-state index is -1.07. The van der Waals surface area contributed by atoms with Gasteiger partial charge in [-0.2, -0.15) is 0 Å². The molecule has 1 aromatic carbocycles. The fourth-order valence-corrected chi connectivity index (χ4v) is 3.04. The molecule has 2 unspecified atom stereocenters. The first-order valence-corrected chi connectivity index (χ1v) is 8.12. The topological polar surface area (TPSA) is 82.1 Å². The van der Waals surface area contributed by atoms with Crippen LogP contribution >= 0.6 is 0 Å². The summed E-state index contributed by atoms with van der Waals surface area (Å²) >= 11 is 0. The number of Topliss-reactive ketones (excluding diaryl/α,β-unsaturated/α-hetero) is 1. The lowest BCUT2D eigenvalue weighted by molar-refractivity contribution is -0.135. The summed E-state index contributed by atoms with van der Waals surface area (Å²) in [6.45, 7) is 2.37. The molecule has 0 radical (unpaired) electrons. The second-order valence-electron chi connectivity index (χ2n) is 5.98. The summed E-state index contributed by atoms with van der Waals surface area (Å²) in [5.41, 5.74) is 0.594. The highest BCUT2D eigenvalue weighted by atomic mass is 16.5. The van der Waals surface area contributed by atoms with Gasteiger partial charge in [0.15, 0.2) is 0 Å². The molecule has 0 saturated carbocycles. The first-order chi connectivity index (χ1) is 11.5. The molecule has 0 amide bonds. The summed E-state index contributed by atoms with van der Waals surface area (Å²) in [5.74, 6) is -0.486. The number of methoxy groups -OCH3 is 2. The van der Waals surface area contributed by atoms with E-state index < -0.39 is 5.97 Å². The number of carbonyl (C=O) groups is 2. The van der Waals surface area contributed by atoms with Gasteiger partial charge in [-0.15, -0.1) is 0 Å². The zero-order chi connectivity index (χ0) is 17.7. The van der Waals surface area contributed by atoms with E-state index in [0.29, 0.717) is 30.1 Å². The van der Waals surface area contributed by atoms with Crippen molar-refractivity contribution in [3.05, 3.63) is 23.3 Å². The number of benzene rings is 1. The Morgan fingerprint density at radius 1 is 1.33 bits per heavy atom. The van der Waals surface area contributed by atoms with Crippen LogP contribution in [0.15, 0.2) is 12.1 Å². The maximum Gasteiger partial charge on any atom is 0.336 e. The average molecular weight is 336 g/mol. The number of rotatable bonds is 7. The fraction of sp³-hybridized carbons (Fsp3) is 0.556. The van der Waals surface area contributed by atoms with E-state index in [2.05, 4.69) is 6.92 Å². The van der Waals surface area contributed by atoms with Crippen molar-refractivity contribution in [2.45, 2.75) is 38.7 Å². The van der Waals surface area contributed by atoms with Gasteiger partial charge in [-0.05, 0) is 18.9 Å². The molecule has 1 aromatic rings. The molecule has 0 aliphatic carbocycles. The van der Waals surface area contributed by atoms with Gasteiger partial charge in [0, 0.05) is 24.0 Å². The van der Waals surface area contributed by atoms with Crippen molar-refractivity contribution in [2.75, 3.05) is 20.8 Å². The van der Waals surface area contributed by atoms with Crippen molar-refractivity contribution in [1.82, 2.24) is 0 Å². The summed E-state index contributed by atoms with van der Waals surface area (Å²) in [6.07, 6.45) is 2.49. The second kappa shape index (κ2) is 8.15. The van der Waals surface area contributed by atoms with Crippen LogP contribution in [0.5, 0.6) is 11.5 Å². The lowest BCUT2D eigenvalue weighted by atomic mass is 9.87. The highest BCUT2D eigenvalue weighted by molar-refractivity contribution is 5.91. The standard InChI is InChI=1S/C18H24O6/c1-4-5-12-8-16(19)11(10-24-12)6-14-15(18(20)21)7-13(22-2)9-17(14)23-3/h7,9,11-12H,4-6,8,10H2,1-3H3,(H,20,21). The fourth-order valence-electron chi connectivity index (χ4n) is 3.04. The van der Waals surface area contributed by atoms with Crippen molar-refractivity contribution in [3.8, 4) is 11.5 Å². The first kappa shape index (κ1) is 18.3. The molecule has 1 aliphatic rings. The van der Waals surface area contributed by atoms with Gasteiger partial charge < -0.3 is 19.3 Å². The first-order valence-electron chi connectivity index (χ1n) is 8.12. The van der Waals surface area contributed by atoms with E-state index in [1.807, 2.05) is 0 Å². The number of carboxylic acid groups (broad SMARTS) is 1. The number of hydrogen-bond acceptors (Lipinski definition) is 5.